The van der Waals surface area contributed by atoms with Crippen LogP contribution in [0.15, 0.2) is 24.3 Å². The number of nitrogens with zero attached hydrogens (tertiary/aromatic N) is 2. The standard InChI is InChI=1S/C19H31N3O3/c1-18(2,3)25-17(24)20-19(4,5)13-22(8)16(23)14-9-11-15(12-10-14)21(6)7/h9-12H,13H2,1-8H3,(H,20,24). The summed E-state index contributed by atoms with van der Waals surface area (Å²) in [6.45, 7) is 9.51. The molecule has 0 aliphatic heterocycles. The zero-order valence-corrected chi connectivity index (χ0v) is 16.6. The maximum atomic E-state index is 12.6. The zero-order chi connectivity index (χ0) is 19.4. The third-order valence-electron chi connectivity index (χ3n) is 3.45. The first-order chi connectivity index (χ1) is 11.3. The summed E-state index contributed by atoms with van der Waals surface area (Å²) in [6, 6.07) is 7.43. The minimum absolute atomic E-state index is 0.0932. The third kappa shape index (κ3) is 7.03. The molecule has 1 N–H and O–H groups in total. The van der Waals surface area contributed by atoms with Crippen molar-refractivity contribution in [1.29, 1.82) is 0 Å². The van der Waals surface area contributed by atoms with E-state index < -0.39 is 17.2 Å². The third-order valence-corrected chi connectivity index (χ3v) is 3.45. The highest BCUT2D eigenvalue weighted by Crippen LogP contribution is 2.15. The van der Waals surface area contributed by atoms with Gasteiger partial charge in [0, 0.05) is 38.9 Å². The van der Waals surface area contributed by atoms with Gasteiger partial charge in [0.2, 0.25) is 0 Å². The molecule has 140 valence electrons. The Morgan fingerprint density at radius 3 is 1.96 bits per heavy atom. The van der Waals surface area contributed by atoms with Crippen LogP contribution in [0.3, 0.4) is 0 Å². The molecule has 0 aliphatic carbocycles. The van der Waals surface area contributed by atoms with Gasteiger partial charge in [-0.25, -0.2) is 4.79 Å². The van der Waals surface area contributed by atoms with E-state index in [0.29, 0.717) is 12.1 Å². The van der Waals surface area contributed by atoms with Crippen LogP contribution in [0, 0.1) is 0 Å². The molecule has 0 heterocycles. The second kappa shape index (κ2) is 7.76. The Hall–Kier alpha value is -2.24. The lowest BCUT2D eigenvalue weighted by Gasteiger charge is -2.32. The molecule has 1 aromatic rings. The van der Waals surface area contributed by atoms with Gasteiger partial charge >= 0.3 is 6.09 Å². The second-order valence-electron chi connectivity index (χ2n) is 8.11. The Labute approximate surface area is 151 Å². The monoisotopic (exact) mass is 349 g/mol. The van der Waals surface area contributed by atoms with E-state index in [2.05, 4.69) is 5.32 Å². The summed E-state index contributed by atoms with van der Waals surface area (Å²) in [4.78, 5) is 28.1. The Morgan fingerprint density at radius 2 is 1.52 bits per heavy atom. The van der Waals surface area contributed by atoms with Gasteiger partial charge in [0.15, 0.2) is 0 Å². The first kappa shape index (κ1) is 20.8. The molecule has 1 aromatic carbocycles. The molecule has 0 saturated carbocycles. The number of likely N-dealkylation sites (N-methyl/N-ethyl adjacent to an activating group) is 1. The van der Waals surface area contributed by atoms with Crippen LogP contribution in [-0.4, -0.2) is 55.7 Å². The van der Waals surface area contributed by atoms with Crippen molar-refractivity contribution in [2.24, 2.45) is 0 Å². The van der Waals surface area contributed by atoms with Crippen LogP contribution in [0.2, 0.25) is 0 Å². The number of alkyl carbamates (subject to hydrolysis) is 1. The van der Waals surface area contributed by atoms with Gasteiger partial charge in [0.25, 0.3) is 5.91 Å². The topological polar surface area (TPSA) is 61.9 Å². The molecular weight excluding hydrogens is 318 g/mol. The summed E-state index contributed by atoms with van der Waals surface area (Å²) in [6.07, 6.45) is -0.492. The first-order valence-corrected chi connectivity index (χ1v) is 8.35. The van der Waals surface area contributed by atoms with Gasteiger partial charge in [-0.2, -0.15) is 0 Å². The van der Waals surface area contributed by atoms with Crippen molar-refractivity contribution < 1.29 is 14.3 Å². The van der Waals surface area contributed by atoms with Crippen LogP contribution in [0.25, 0.3) is 0 Å². The summed E-state index contributed by atoms with van der Waals surface area (Å²) in [5, 5.41) is 2.81. The minimum Gasteiger partial charge on any atom is -0.444 e. The van der Waals surface area contributed by atoms with Crippen LogP contribution in [0.4, 0.5) is 10.5 Å². The number of hydrogen-bond acceptors (Lipinski definition) is 4. The van der Waals surface area contributed by atoms with E-state index in [1.54, 1.807) is 11.9 Å². The van der Waals surface area contributed by atoms with E-state index in [0.717, 1.165) is 5.69 Å². The molecule has 0 bridgehead atoms. The number of nitrogens with one attached hydrogen (secondary N) is 1. The van der Waals surface area contributed by atoms with Gasteiger partial charge in [-0.1, -0.05) is 0 Å². The van der Waals surface area contributed by atoms with E-state index in [1.807, 2.05) is 77.9 Å². The Morgan fingerprint density at radius 1 is 1.00 bits per heavy atom. The van der Waals surface area contributed by atoms with E-state index in [9.17, 15) is 9.59 Å². The number of carbonyl (C=O) groups excluding carboxylic acids is 2. The molecule has 6 heteroatoms. The van der Waals surface area contributed by atoms with Gasteiger partial charge in [-0.3, -0.25) is 4.79 Å². The molecule has 0 saturated heterocycles. The molecule has 6 nitrogen and oxygen atoms in total. The lowest BCUT2D eigenvalue weighted by Crippen LogP contribution is -2.52. The highest BCUT2D eigenvalue weighted by molar-refractivity contribution is 5.94. The van der Waals surface area contributed by atoms with Crippen molar-refractivity contribution in [3.63, 3.8) is 0 Å². The number of ether oxygens (including phenoxy) is 1. The second-order valence-corrected chi connectivity index (χ2v) is 8.11. The Bertz CT molecular complexity index is 601. The number of rotatable bonds is 5. The summed E-state index contributed by atoms with van der Waals surface area (Å²) in [7, 11) is 5.63. The van der Waals surface area contributed by atoms with E-state index in [-0.39, 0.29) is 5.91 Å². The predicted octanol–water partition coefficient (Wildman–Crippen LogP) is 3.13. The van der Waals surface area contributed by atoms with Gasteiger partial charge in [0.05, 0.1) is 5.54 Å². The highest BCUT2D eigenvalue weighted by atomic mass is 16.6. The van der Waals surface area contributed by atoms with Crippen molar-refractivity contribution in [3.8, 4) is 0 Å². The molecule has 0 fully saturated rings. The summed E-state index contributed by atoms with van der Waals surface area (Å²) in [5.74, 6) is -0.0932. The largest absolute Gasteiger partial charge is 0.444 e. The van der Waals surface area contributed by atoms with Crippen molar-refractivity contribution in [3.05, 3.63) is 29.8 Å². The van der Waals surface area contributed by atoms with E-state index in [1.165, 1.54) is 0 Å². The van der Waals surface area contributed by atoms with Crippen LogP contribution < -0.4 is 10.2 Å². The quantitative estimate of drug-likeness (QED) is 0.887. The molecular formula is C19H31N3O3. The smallest absolute Gasteiger partial charge is 0.408 e. The molecule has 0 spiro atoms. The van der Waals surface area contributed by atoms with Gasteiger partial charge < -0.3 is 19.9 Å². The van der Waals surface area contributed by atoms with E-state index in [4.69, 9.17) is 4.74 Å². The lowest BCUT2D eigenvalue weighted by atomic mass is 10.0. The number of amides is 2. The Kier molecular flexibility index (Phi) is 6.46. The van der Waals surface area contributed by atoms with Crippen LogP contribution in [0.5, 0.6) is 0 Å². The van der Waals surface area contributed by atoms with Crippen LogP contribution in [-0.2, 0) is 4.74 Å². The highest BCUT2D eigenvalue weighted by Gasteiger charge is 2.27. The van der Waals surface area contributed by atoms with Crippen molar-refractivity contribution in [2.45, 2.75) is 45.8 Å². The first-order valence-electron chi connectivity index (χ1n) is 8.35. The van der Waals surface area contributed by atoms with Crippen LogP contribution >= 0.6 is 0 Å². The minimum atomic E-state index is -0.615. The molecule has 0 unspecified atom stereocenters. The SMILES string of the molecule is CN(CC(C)(C)NC(=O)OC(C)(C)C)C(=O)c1ccc(N(C)C)cc1. The average Bonchev–Trinajstić information content (AvgIpc) is 2.43. The maximum absolute atomic E-state index is 12.6. The molecule has 1 rings (SSSR count). The molecule has 0 aromatic heterocycles. The number of carbonyl (C=O) groups is 2. The fourth-order valence-corrected chi connectivity index (χ4v) is 2.41. The zero-order valence-electron chi connectivity index (χ0n) is 16.6. The summed E-state index contributed by atoms with van der Waals surface area (Å²) in [5.41, 5.74) is 0.471. The van der Waals surface area contributed by atoms with Crippen molar-refractivity contribution in [2.75, 3.05) is 32.6 Å². The van der Waals surface area contributed by atoms with E-state index >= 15 is 0 Å². The maximum Gasteiger partial charge on any atom is 0.408 e. The summed E-state index contributed by atoms with van der Waals surface area (Å²) < 4.78 is 5.28. The predicted molar refractivity (Wildman–Crippen MR) is 101 cm³/mol. The number of hydrogen-bond donors (Lipinski definition) is 1. The molecule has 2 amide bonds. The number of benzene rings is 1. The Balaban J connectivity index is 2.70. The van der Waals surface area contributed by atoms with Gasteiger partial charge in [0.1, 0.15) is 5.60 Å². The normalized spacial score (nSPS) is 11.7. The molecule has 25 heavy (non-hydrogen) atoms. The fraction of sp³-hybridized carbons (Fsp3) is 0.579. The van der Waals surface area contributed by atoms with Gasteiger partial charge in [-0.05, 0) is 58.9 Å². The molecule has 0 radical (unpaired) electrons. The summed E-state index contributed by atoms with van der Waals surface area (Å²) >= 11 is 0. The lowest BCUT2D eigenvalue weighted by molar-refractivity contribution is 0.0441. The fourth-order valence-electron chi connectivity index (χ4n) is 2.41. The molecule has 0 aliphatic rings. The number of anilines is 1. The average molecular weight is 349 g/mol. The molecule has 0 atom stereocenters. The van der Waals surface area contributed by atoms with Crippen molar-refractivity contribution in [1.82, 2.24) is 10.2 Å². The van der Waals surface area contributed by atoms with Crippen LogP contribution in [0.1, 0.15) is 45.0 Å². The van der Waals surface area contributed by atoms with Crippen molar-refractivity contribution >= 4 is 17.7 Å². The van der Waals surface area contributed by atoms with Gasteiger partial charge in [-0.15, -0.1) is 0 Å².